The van der Waals surface area contributed by atoms with Crippen LogP contribution < -0.4 is 4.74 Å². The van der Waals surface area contributed by atoms with Gasteiger partial charge in [-0.25, -0.2) is 0 Å². The Morgan fingerprint density at radius 2 is 1.83 bits per heavy atom. The molecule has 1 aromatic carbocycles. The van der Waals surface area contributed by atoms with E-state index < -0.39 is 0 Å². The lowest BCUT2D eigenvalue weighted by Crippen LogP contribution is -2.23. The van der Waals surface area contributed by atoms with Crippen molar-refractivity contribution < 1.29 is 14.3 Å². The van der Waals surface area contributed by atoms with Crippen molar-refractivity contribution in [1.29, 1.82) is 0 Å². The average molecular weight is 248 g/mol. The van der Waals surface area contributed by atoms with Crippen LogP contribution in [0.25, 0.3) is 0 Å². The monoisotopic (exact) mass is 248 g/mol. The van der Waals surface area contributed by atoms with Crippen molar-refractivity contribution in [1.82, 2.24) is 0 Å². The number of ketones is 1. The van der Waals surface area contributed by atoms with Gasteiger partial charge in [-0.2, -0.15) is 0 Å². The highest BCUT2D eigenvalue weighted by Gasteiger charge is 2.23. The van der Waals surface area contributed by atoms with E-state index in [1.54, 1.807) is 12.1 Å². The summed E-state index contributed by atoms with van der Waals surface area (Å²) in [5.74, 6) is 0.841. The van der Waals surface area contributed by atoms with E-state index in [9.17, 15) is 4.79 Å². The van der Waals surface area contributed by atoms with Gasteiger partial charge in [-0.15, -0.1) is 0 Å². The molecule has 18 heavy (non-hydrogen) atoms. The highest BCUT2D eigenvalue weighted by Crippen LogP contribution is 2.26. The molecule has 1 fully saturated rings. The second kappa shape index (κ2) is 5.11. The van der Waals surface area contributed by atoms with Gasteiger partial charge in [0.05, 0.1) is 11.7 Å². The van der Waals surface area contributed by atoms with Crippen LogP contribution in [0.1, 0.15) is 44.0 Å². The molecule has 1 saturated carbocycles. The topological polar surface area (TPSA) is 35.5 Å². The molecular formula is C15H20O3. The first-order valence-electron chi connectivity index (χ1n) is 6.38. The maximum atomic E-state index is 11.9. The van der Waals surface area contributed by atoms with Gasteiger partial charge in [-0.1, -0.05) is 0 Å². The Morgan fingerprint density at radius 3 is 2.33 bits per heavy atom. The molecule has 0 radical (unpaired) electrons. The van der Waals surface area contributed by atoms with Crippen LogP contribution in [0.5, 0.6) is 5.75 Å². The number of hydrogen-bond donors (Lipinski definition) is 0. The minimum atomic E-state index is -0.287. The van der Waals surface area contributed by atoms with E-state index >= 15 is 0 Å². The SMILES string of the molecule is CC(C)(C)OCC(=O)c1ccc(OC2CC2)cc1. The van der Waals surface area contributed by atoms with Crippen LogP contribution in [-0.4, -0.2) is 24.1 Å². The van der Waals surface area contributed by atoms with E-state index in [4.69, 9.17) is 9.47 Å². The second-order valence-corrected chi connectivity index (χ2v) is 5.67. The normalized spacial score (nSPS) is 15.5. The zero-order valence-electron chi connectivity index (χ0n) is 11.2. The summed E-state index contributed by atoms with van der Waals surface area (Å²) in [7, 11) is 0. The van der Waals surface area contributed by atoms with Crippen LogP contribution in [0.3, 0.4) is 0 Å². The van der Waals surface area contributed by atoms with Crippen LogP contribution in [0.2, 0.25) is 0 Å². The quantitative estimate of drug-likeness (QED) is 0.750. The van der Waals surface area contributed by atoms with Gasteiger partial charge in [-0.05, 0) is 57.9 Å². The summed E-state index contributed by atoms with van der Waals surface area (Å²) in [6.45, 7) is 5.93. The van der Waals surface area contributed by atoms with Crippen molar-refractivity contribution >= 4 is 5.78 Å². The molecule has 0 N–H and O–H groups in total. The number of Topliss-reactive ketones (excluding diaryl/α,β-unsaturated/α-hetero) is 1. The Morgan fingerprint density at radius 1 is 1.22 bits per heavy atom. The molecule has 1 aromatic rings. The van der Waals surface area contributed by atoms with Crippen molar-refractivity contribution in [2.24, 2.45) is 0 Å². The van der Waals surface area contributed by atoms with E-state index in [0.29, 0.717) is 11.7 Å². The van der Waals surface area contributed by atoms with Crippen LogP contribution in [0, 0.1) is 0 Å². The fourth-order valence-corrected chi connectivity index (χ4v) is 1.46. The first-order valence-corrected chi connectivity index (χ1v) is 6.38. The van der Waals surface area contributed by atoms with Crippen LogP contribution in [0.4, 0.5) is 0 Å². The Bertz CT molecular complexity index is 410. The van der Waals surface area contributed by atoms with Gasteiger partial charge in [0, 0.05) is 5.56 Å². The smallest absolute Gasteiger partial charge is 0.188 e. The Balaban J connectivity index is 1.89. The molecule has 0 amide bonds. The summed E-state index contributed by atoms with van der Waals surface area (Å²) in [6, 6.07) is 7.30. The van der Waals surface area contributed by atoms with E-state index in [1.807, 2.05) is 32.9 Å². The second-order valence-electron chi connectivity index (χ2n) is 5.67. The van der Waals surface area contributed by atoms with Gasteiger partial charge in [0.1, 0.15) is 12.4 Å². The molecule has 3 heteroatoms. The lowest BCUT2D eigenvalue weighted by atomic mass is 10.1. The van der Waals surface area contributed by atoms with Crippen molar-refractivity contribution in [3.05, 3.63) is 29.8 Å². The summed E-state index contributed by atoms with van der Waals surface area (Å²) < 4.78 is 11.1. The van der Waals surface area contributed by atoms with Gasteiger partial charge < -0.3 is 9.47 Å². The lowest BCUT2D eigenvalue weighted by Gasteiger charge is -2.18. The molecule has 0 saturated heterocycles. The molecule has 98 valence electrons. The maximum absolute atomic E-state index is 11.9. The number of rotatable bonds is 5. The summed E-state index contributed by atoms with van der Waals surface area (Å²) in [5, 5.41) is 0. The molecule has 0 aliphatic heterocycles. The molecule has 1 aliphatic carbocycles. The molecule has 0 atom stereocenters. The van der Waals surface area contributed by atoms with E-state index in [-0.39, 0.29) is 18.0 Å². The fraction of sp³-hybridized carbons (Fsp3) is 0.533. The van der Waals surface area contributed by atoms with Gasteiger partial charge in [0.2, 0.25) is 0 Å². The van der Waals surface area contributed by atoms with Gasteiger partial charge in [0.15, 0.2) is 5.78 Å². The Labute approximate surface area is 108 Å². The van der Waals surface area contributed by atoms with E-state index in [1.165, 1.54) is 0 Å². The zero-order chi connectivity index (χ0) is 13.2. The molecule has 1 aliphatic rings. The number of benzene rings is 1. The zero-order valence-corrected chi connectivity index (χ0v) is 11.2. The Hall–Kier alpha value is -1.35. The predicted octanol–water partition coefficient (Wildman–Crippen LogP) is 3.23. The molecule has 2 rings (SSSR count). The molecular weight excluding hydrogens is 228 g/mol. The number of ether oxygens (including phenoxy) is 2. The third kappa shape index (κ3) is 4.15. The highest BCUT2D eigenvalue weighted by atomic mass is 16.5. The third-order valence-electron chi connectivity index (χ3n) is 2.64. The van der Waals surface area contributed by atoms with Crippen molar-refractivity contribution in [2.45, 2.75) is 45.3 Å². The van der Waals surface area contributed by atoms with Crippen LogP contribution in [-0.2, 0) is 4.74 Å². The summed E-state index contributed by atoms with van der Waals surface area (Å²) in [5.41, 5.74) is 0.382. The molecule has 3 nitrogen and oxygen atoms in total. The molecule has 0 bridgehead atoms. The summed E-state index contributed by atoms with van der Waals surface area (Å²) >= 11 is 0. The number of carbonyl (C=O) groups is 1. The van der Waals surface area contributed by atoms with E-state index in [0.717, 1.165) is 18.6 Å². The largest absolute Gasteiger partial charge is 0.490 e. The van der Waals surface area contributed by atoms with E-state index in [2.05, 4.69) is 0 Å². The van der Waals surface area contributed by atoms with Gasteiger partial charge >= 0.3 is 0 Å². The summed E-state index contributed by atoms with van der Waals surface area (Å²) in [6.07, 6.45) is 2.66. The first kappa shape index (κ1) is 13.1. The highest BCUT2D eigenvalue weighted by molar-refractivity contribution is 5.97. The standard InChI is InChI=1S/C15H20O3/c1-15(2,3)17-10-14(16)11-4-6-12(7-5-11)18-13-8-9-13/h4-7,13H,8-10H2,1-3H3. The van der Waals surface area contributed by atoms with Crippen LogP contribution >= 0.6 is 0 Å². The number of carbonyl (C=O) groups excluding carboxylic acids is 1. The molecule has 0 heterocycles. The van der Waals surface area contributed by atoms with Crippen molar-refractivity contribution in [2.75, 3.05) is 6.61 Å². The Kier molecular flexibility index (Phi) is 3.71. The number of hydrogen-bond acceptors (Lipinski definition) is 3. The van der Waals surface area contributed by atoms with Crippen molar-refractivity contribution in [3.63, 3.8) is 0 Å². The van der Waals surface area contributed by atoms with Crippen LogP contribution in [0.15, 0.2) is 24.3 Å². The molecule has 0 aromatic heterocycles. The maximum Gasteiger partial charge on any atom is 0.188 e. The summed E-state index contributed by atoms with van der Waals surface area (Å²) in [4.78, 5) is 11.9. The van der Waals surface area contributed by atoms with Crippen molar-refractivity contribution in [3.8, 4) is 5.75 Å². The van der Waals surface area contributed by atoms with Gasteiger partial charge in [-0.3, -0.25) is 4.79 Å². The lowest BCUT2D eigenvalue weighted by molar-refractivity contribution is 0.00306. The minimum Gasteiger partial charge on any atom is -0.490 e. The predicted molar refractivity (Wildman–Crippen MR) is 70.1 cm³/mol. The fourth-order valence-electron chi connectivity index (χ4n) is 1.46. The average Bonchev–Trinajstić information content (AvgIpc) is 3.10. The third-order valence-corrected chi connectivity index (χ3v) is 2.64. The minimum absolute atomic E-state index is 0.00268. The molecule has 0 unspecified atom stereocenters. The first-order chi connectivity index (χ1) is 8.44. The molecule has 0 spiro atoms. The van der Waals surface area contributed by atoms with Gasteiger partial charge in [0.25, 0.3) is 0 Å².